The minimum absolute atomic E-state index is 0.144. The van der Waals surface area contributed by atoms with E-state index in [1.54, 1.807) is 25.3 Å². The second kappa shape index (κ2) is 9.80. The standard InChI is InChI=1S/C23H24F3N5O4/c1-4-34-20-18(33-3)9-15(10-27-20)17-8-14(2)19-21(29-17)35-7-5-6-31(22(19)32)16-11-28-30(12-16)13-23(24,25)26/h8-12H,4-7,13H2,1-3H3. The average molecular weight is 491 g/mol. The van der Waals surface area contributed by atoms with Gasteiger partial charge in [0, 0.05) is 24.5 Å². The van der Waals surface area contributed by atoms with Crippen molar-refractivity contribution in [2.45, 2.75) is 33.0 Å². The number of aryl methyl sites for hydroxylation is 1. The van der Waals surface area contributed by atoms with Crippen molar-refractivity contribution < 1.29 is 32.2 Å². The molecular formula is C23H24F3N5O4. The number of aromatic nitrogens is 4. The van der Waals surface area contributed by atoms with E-state index in [2.05, 4.69) is 15.1 Å². The Morgan fingerprint density at radius 3 is 2.74 bits per heavy atom. The zero-order valence-electron chi connectivity index (χ0n) is 19.4. The van der Waals surface area contributed by atoms with Crippen LogP contribution in [-0.4, -0.2) is 58.7 Å². The summed E-state index contributed by atoms with van der Waals surface area (Å²) < 4.78 is 55.6. The monoisotopic (exact) mass is 491 g/mol. The SMILES string of the molecule is CCOc1ncc(-c2cc(C)c3c(n2)OCCCN(c2cnn(CC(F)(F)F)c2)C3=O)cc1OC. The summed E-state index contributed by atoms with van der Waals surface area (Å²) >= 11 is 0. The van der Waals surface area contributed by atoms with E-state index in [1.165, 1.54) is 24.4 Å². The number of alkyl halides is 3. The second-order valence-electron chi connectivity index (χ2n) is 7.84. The first-order valence-corrected chi connectivity index (χ1v) is 10.9. The normalized spacial score (nSPS) is 14.1. The molecule has 1 aliphatic heterocycles. The fourth-order valence-electron chi connectivity index (χ4n) is 3.76. The number of nitrogens with zero attached hydrogens (tertiary/aromatic N) is 5. The van der Waals surface area contributed by atoms with Gasteiger partial charge in [-0.1, -0.05) is 0 Å². The number of rotatable bonds is 6. The van der Waals surface area contributed by atoms with Crippen LogP contribution in [0.5, 0.6) is 17.5 Å². The summed E-state index contributed by atoms with van der Waals surface area (Å²) in [5, 5.41) is 3.76. The van der Waals surface area contributed by atoms with Crippen LogP contribution >= 0.6 is 0 Å². The highest BCUT2D eigenvalue weighted by atomic mass is 19.4. The van der Waals surface area contributed by atoms with E-state index in [9.17, 15) is 18.0 Å². The largest absolute Gasteiger partial charge is 0.491 e. The minimum Gasteiger partial charge on any atom is -0.491 e. The lowest BCUT2D eigenvalue weighted by Gasteiger charge is -2.26. The molecule has 0 saturated carbocycles. The summed E-state index contributed by atoms with van der Waals surface area (Å²) in [5.41, 5.74) is 2.27. The lowest BCUT2D eigenvalue weighted by atomic mass is 10.0. The Balaban J connectivity index is 1.69. The van der Waals surface area contributed by atoms with E-state index in [4.69, 9.17) is 14.2 Å². The van der Waals surface area contributed by atoms with Gasteiger partial charge >= 0.3 is 6.18 Å². The molecule has 0 fully saturated rings. The van der Waals surface area contributed by atoms with Gasteiger partial charge in [0.05, 0.1) is 37.9 Å². The van der Waals surface area contributed by atoms with Gasteiger partial charge in [0.15, 0.2) is 5.75 Å². The van der Waals surface area contributed by atoms with Crippen LogP contribution in [0.15, 0.2) is 30.7 Å². The Morgan fingerprint density at radius 1 is 1.23 bits per heavy atom. The first-order valence-electron chi connectivity index (χ1n) is 10.9. The van der Waals surface area contributed by atoms with E-state index in [-0.39, 0.29) is 30.3 Å². The second-order valence-corrected chi connectivity index (χ2v) is 7.84. The molecule has 3 aromatic rings. The van der Waals surface area contributed by atoms with E-state index < -0.39 is 18.6 Å². The van der Waals surface area contributed by atoms with Crippen LogP contribution in [0.2, 0.25) is 0 Å². The Morgan fingerprint density at radius 2 is 2.03 bits per heavy atom. The van der Waals surface area contributed by atoms with Gasteiger partial charge in [-0.15, -0.1) is 0 Å². The number of carbonyl (C=O) groups excluding carboxylic acids is 1. The van der Waals surface area contributed by atoms with Gasteiger partial charge in [0.1, 0.15) is 12.1 Å². The van der Waals surface area contributed by atoms with Gasteiger partial charge in [-0.2, -0.15) is 18.3 Å². The van der Waals surface area contributed by atoms with E-state index in [0.717, 1.165) is 4.68 Å². The molecule has 0 aliphatic carbocycles. The van der Waals surface area contributed by atoms with Crippen LogP contribution in [0, 0.1) is 6.92 Å². The van der Waals surface area contributed by atoms with E-state index in [0.29, 0.717) is 41.5 Å². The summed E-state index contributed by atoms with van der Waals surface area (Å²) in [6.07, 6.45) is 0.0927. The van der Waals surface area contributed by atoms with Crippen LogP contribution in [0.4, 0.5) is 18.9 Å². The molecule has 4 rings (SSSR count). The maximum atomic E-state index is 13.5. The molecule has 186 valence electrons. The summed E-state index contributed by atoms with van der Waals surface area (Å²) in [5.74, 6) is 0.514. The minimum atomic E-state index is -4.42. The summed E-state index contributed by atoms with van der Waals surface area (Å²) in [6.45, 7) is 3.31. The summed E-state index contributed by atoms with van der Waals surface area (Å²) in [7, 11) is 1.51. The summed E-state index contributed by atoms with van der Waals surface area (Å²) in [6, 6.07) is 3.46. The molecule has 0 N–H and O–H groups in total. The highest BCUT2D eigenvalue weighted by Gasteiger charge is 2.31. The number of fused-ring (bicyclic) bond motifs is 1. The third kappa shape index (κ3) is 5.31. The summed E-state index contributed by atoms with van der Waals surface area (Å²) in [4.78, 5) is 23.7. The van der Waals surface area contributed by atoms with Gasteiger partial charge in [-0.25, -0.2) is 9.97 Å². The predicted molar refractivity (Wildman–Crippen MR) is 120 cm³/mol. The van der Waals surface area contributed by atoms with Crippen LogP contribution in [0.25, 0.3) is 11.3 Å². The maximum Gasteiger partial charge on any atom is 0.408 e. The first-order chi connectivity index (χ1) is 16.7. The number of hydrogen-bond acceptors (Lipinski definition) is 7. The number of pyridine rings is 2. The number of halogens is 3. The van der Waals surface area contributed by atoms with Gasteiger partial charge < -0.3 is 19.1 Å². The lowest BCUT2D eigenvalue weighted by Crippen LogP contribution is -2.35. The van der Waals surface area contributed by atoms with Crippen molar-refractivity contribution in [2.75, 3.05) is 31.8 Å². The van der Waals surface area contributed by atoms with Crippen molar-refractivity contribution in [2.24, 2.45) is 0 Å². The quantitative estimate of drug-likeness (QED) is 0.514. The Bertz CT molecular complexity index is 1230. The zero-order chi connectivity index (χ0) is 25.2. The zero-order valence-corrected chi connectivity index (χ0v) is 19.4. The van der Waals surface area contributed by atoms with Crippen molar-refractivity contribution in [1.82, 2.24) is 19.7 Å². The van der Waals surface area contributed by atoms with Crippen molar-refractivity contribution in [3.63, 3.8) is 0 Å². The van der Waals surface area contributed by atoms with Gasteiger partial charge in [-0.05, 0) is 38.0 Å². The predicted octanol–water partition coefficient (Wildman–Crippen LogP) is 4.05. The van der Waals surface area contributed by atoms with E-state index in [1.807, 2.05) is 6.92 Å². The average Bonchev–Trinajstić information content (AvgIpc) is 3.23. The van der Waals surface area contributed by atoms with Crippen molar-refractivity contribution >= 4 is 11.6 Å². The molecule has 0 bridgehead atoms. The van der Waals surface area contributed by atoms with E-state index >= 15 is 0 Å². The Labute approximate surface area is 199 Å². The molecule has 0 unspecified atom stereocenters. The van der Waals surface area contributed by atoms with Crippen LogP contribution < -0.4 is 19.1 Å². The molecular weight excluding hydrogens is 467 g/mol. The number of anilines is 1. The third-order valence-electron chi connectivity index (χ3n) is 5.29. The fraction of sp³-hybridized carbons (Fsp3) is 0.391. The molecule has 0 spiro atoms. The molecule has 1 aliphatic rings. The number of amides is 1. The molecule has 1 amide bonds. The lowest BCUT2D eigenvalue weighted by molar-refractivity contribution is -0.142. The highest BCUT2D eigenvalue weighted by Crippen LogP contribution is 2.34. The molecule has 0 aromatic carbocycles. The first kappa shape index (κ1) is 24.3. The molecule has 0 saturated heterocycles. The van der Waals surface area contributed by atoms with Crippen LogP contribution in [-0.2, 0) is 6.54 Å². The van der Waals surface area contributed by atoms with Crippen molar-refractivity contribution in [1.29, 1.82) is 0 Å². The third-order valence-corrected chi connectivity index (χ3v) is 5.29. The van der Waals surface area contributed by atoms with Crippen LogP contribution in [0.3, 0.4) is 0 Å². The highest BCUT2D eigenvalue weighted by molar-refractivity contribution is 6.08. The molecule has 0 atom stereocenters. The van der Waals surface area contributed by atoms with Crippen molar-refractivity contribution in [3.05, 3.63) is 41.9 Å². The van der Waals surface area contributed by atoms with Crippen LogP contribution in [0.1, 0.15) is 29.3 Å². The molecule has 0 radical (unpaired) electrons. The Kier molecular flexibility index (Phi) is 6.81. The Hall–Kier alpha value is -3.83. The maximum absolute atomic E-state index is 13.5. The van der Waals surface area contributed by atoms with Crippen molar-refractivity contribution in [3.8, 4) is 28.8 Å². The molecule has 3 aromatic heterocycles. The molecule has 12 heteroatoms. The molecule has 35 heavy (non-hydrogen) atoms. The number of ether oxygens (including phenoxy) is 3. The van der Waals surface area contributed by atoms with Gasteiger partial charge in [0.2, 0.25) is 5.88 Å². The number of hydrogen-bond donors (Lipinski definition) is 0. The number of carbonyl (C=O) groups is 1. The molecule has 4 heterocycles. The van der Waals surface area contributed by atoms with Gasteiger partial charge in [0.25, 0.3) is 11.8 Å². The topological polar surface area (TPSA) is 91.6 Å². The smallest absolute Gasteiger partial charge is 0.408 e. The molecule has 9 nitrogen and oxygen atoms in total. The fourth-order valence-corrected chi connectivity index (χ4v) is 3.76. The van der Waals surface area contributed by atoms with Gasteiger partial charge in [-0.3, -0.25) is 9.48 Å². The number of methoxy groups -OCH3 is 1.